The first kappa shape index (κ1) is 13.7. The summed E-state index contributed by atoms with van der Waals surface area (Å²) in [6.45, 7) is 3.04. The van der Waals surface area contributed by atoms with E-state index in [1.54, 1.807) is 21.8 Å². The van der Waals surface area contributed by atoms with Crippen LogP contribution in [0, 0.1) is 12.3 Å². The minimum Gasteiger partial charge on any atom is -0.343 e. The number of nitrogens with one attached hydrogen (secondary N) is 3. The highest BCUT2D eigenvalue weighted by molar-refractivity contribution is 5.87. The molecule has 0 fully saturated rings. The molecule has 0 bridgehead atoms. The molecule has 0 spiro atoms. The Balaban J connectivity index is 1.82. The lowest BCUT2D eigenvalue weighted by Gasteiger charge is -2.12. The Morgan fingerprint density at radius 3 is 3.09 bits per heavy atom. The highest BCUT2D eigenvalue weighted by Gasteiger charge is 2.27. The van der Waals surface area contributed by atoms with Gasteiger partial charge in [-0.15, -0.1) is 0 Å². The monoisotopic (exact) mass is 311 g/mol. The lowest BCUT2D eigenvalue weighted by Crippen LogP contribution is -2.29. The van der Waals surface area contributed by atoms with Gasteiger partial charge in [0.1, 0.15) is 5.82 Å². The van der Waals surface area contributed by atoms with Gasteiger partial charge in [-0.1, -0.05) is 6.07 Å². The summed E-state index contributed by atoms with van der Waals surface area (Å²) in [5, 5.41) is 16.7. The van der Waals surface area contributed by atoms with Gasteiger partial charge < -0.3 is 11.1 Å². The largest absolute Gasteiger partial charge is 0.343 e. The first-order valence-electron chi connectivity index (χ1n) is 7.37. The molecule has 1 aliphatic heterocycles. The van der Waals surface area contributed by atoms with E-state index in [1.807, 2.05) is 19.1 Å². The molecule has 118 valence electrons. The molecule has 0 aliphatic carbocycles. The topological polar surface area (TPSA) is 122 Å². The van der Waals surface area contributed by atoms with Crippen LogP contribution in [0.3, 0.4) is 0 Å². The number of nitrogens with two attached hydrogens (primary N) is 1. The van der Waals surface area contributed by atoms with Gasteiger partial charge in [-0.05, 0) is 18.6 Å². The third-order valence-electron chi connectivity index (χ3n) is 3.92. The molecule has 9 heteroatoms. The number of fused-ring (bicyclic) bond motifs is 3. The van der Waals surface area contributed by atoms with Crippen LogP contribution in [0.4, 0.5) is 5.82 Å². The molecule has 0 amide bonds. The molecule has 0 aromatic carbocycles. The standard InChI is InChI=1S/C14H17N9/c1-8-3-2-5-17-10(8)11-19-13-9-7-18-22(6-4-15)12(9)20-14(16)23(13)21-11/h2-3,5,7,11,16,19,21H,4,6,15H2,1H3. The maximum atomic E-state index is 8.16. The van der Waals surface area contributed by atoms with Crippen LogP contribution < -0.4 is 22.1 Å². The lowest BCUT2D eigenvalue weighted by atomic mass is 10.2. The second-order valence-corrected chi connectivity index (χ2v) is 5.43. The Hall–Kier alpha value is -2.94. The number of aryl methyl sites for hydroxylation is 1. The van der Waals surface area contributed by atoms with Crippen molar-refractivity contribution in [3.8, 4) is 0 Å². The molecule has 4 heterocycles. The van der Waals surface area contributed by atoms with Gasteiger partial charge in [-0.2, -0.15) is 10.1 Å². The van der Waals surface area contributed by atoms with E-state index in [0.717, 1.165) is 22.5 Å². The highest BCUT2D eigenvalue weighted by Crippen LogP contribution is 2.29. The van der Waals surface area contributed by atoms with Gasteiger partial charge in [0.2, 0.25) is 5.62 Å². The molecule has 3 aromatic rings. The minimum atomic E-state index is -0.217. The Bertz CT molecular complexity index is 939. The summed E-state index contributed by atoms with van der Waals surface area (Å²) < 4.78 is 3.34. The molecule has 0 saturated carbocycles. The van der Waals surface area contributed by atoms with E-state index >= 15 is 0 Å². The average Bonchev–Trinajstić information content (AvgIpc) is 3.13. The van der Waals surface area contributed by atoms with Gasteiger partial charge in [-0.3, -0.25) is 15.8 Å². The van der Waals surface area contributed by atoms with Gasteiger partial charge in [-0.25, -0.2) is 9.36 Å². The highest BCUT2D eigenvalue weighted by atomic mass is 15.6. The van der Waals surface area contributed by atoms with Crippen molar-refractivity contribution >= 4 is 16.9 Å². The molecule has 5 N–H and O–H groups in total. The van der Waals surface area contributed by atoms with Crippen molar-refractivity contribution in [2.45, 2.75) is 19.6 Å². The van der Waals surface area contributed by atoms with Crippen LogP contribution in [0.1, 0.15) is 17.4 Å². The lowest BCUT2D eigenvalue weighted by molar-refractivity contribution is 0.635. The van der Waals surface area contributed by atoms with Crippen molar-refractivity contribution in [3.63, 3.8) is 0 Å². The van der Waals surface area contributed by atoms with Crippen LogP contribution in [0.25, 0.3) is 11.0 Å². The summed E-state index contributed by atoms with van der Waals surface area (Å²) in [6.07, 6.45) is 3.28. The molecular formula is C14H17N9. The number of pyridine rings is 1. The smallest absolute Gasteiger partial charge is 0.244 e. The molecule has 23 heavy (non-hydrogen) atoms. The van der Waals surface area contributed by atoms with Gasteiger partial charge in [0.25, 0.3) is 0 Å². The maximum absolute atomic E-state index is 8.16. The molecule has 4 rings (SSSR count). The van der Waals surface area contributed by atoms with Gasteiger partial charge in [0.15, 0.2) is 11.8 Å². The molecule has 9 nitrogen and oxygen atoms in total. The zero-order chi connectivity index (χ0) is 16.0. The van der Waals surface area contributed by atoms with E-state index < -0.39 is 0 Å². The Kier molecular flexibility index (Phi) is 3.01. The Labute approximate surface area is 131 Å². The summed E-state index contributed by atoms with van der Waals surface area (Å²) >= 11 is 0. The maximum Gasteiger partial charge on any atom is 0.244 e. The van der Waals surface area contributed by atoms with Crippen LogP contribution in [0.2, 0.25) is 0 Å². The van der Waals surface area contributed by atoms with Crippen LogP contribution in [0.5, 0.6) is 0 Å². The Morgan fingerprint density at radius 1 is 1.43 bits per heavy atom. The zero-order valence-corrected chi connectivity index (χ0v) is 12.6. The summed E-state index contributed by atoms with van der Waals surface area (Å²) in [5.74, 6) is 0.762. The van der Waals surface area contributed by atoms with Crippen LogP contribution in [-0.2, 0) is 6.54 Å². The predicted molar refractivity (Wildman–Crippen MR) is 85.1 cm³/mol. The first-order chi connectivity index (χ1) is 11.2. The molecule has 0 radical (unpaired) electrons. The summed E-state index contributed by atoms with van der Waals surface area (Å²) in [4.78, 5) is 8.76. The van der Waals surface area contributed by atoms with E-state index in [1.165, 1.54) is 0 Å². The molecule has 1 aliphatic rings. The fourth-order valence-electron chi connectivity index (χ4n) is 2.82. The molecular weight excluding hydrogens is 294 g/mol. The fourth-order valence-corrected chi connectivity index (χ4v) is 2.82. The summed E-state index contributed by atoms with van der Waals surface area (Å²) in [6, 6.07) is 3.91. The summed E-state index contributed by atoms with van der Waals surface area (Å²) in [5.41, 5.74) is 11.5. The SMILES string of the molecule is Cc1cccnc1C1Nc2c3cnn(CCN)c3nc(=N)n2N1. The van der Waals surface area contributed by atoms with E-state index in [2.05, 4.69) is 25.8 Å². The van der Waals surface area contributed by atoms with E-state index in [4.69, 9.17) is 11.1 Å². The molecule has 0 saturated heterocycles. The van der Waals surface area contributed by atoms with E-state index in [-0.39, 0.29) is 11.8 Å². The molecule has 3 aromatic heterocycles. The van der Waals surface area contributed by atoms with Crippen molar-refractivity contribution in [2.24, 2.45) is 5.73 Å². The second-order valence-electron chi connectivity index (χ2n) is 5.43. The minimum absolute atomic E-state index is 0.106. The third-order valence-corrected chi connectivity index (χ3v) is 3.92. The number of anilines is 1. The number of hydrogen-bond acceptors (Lipinski definition) is 7. The van der Waals surface area contributed by atoms with Crippen LogP contribution in [-0.4, -0.2) is 31.0 Å². The van der Waals surface area contributed by atoms with Crippen molar-refractivity contribution in [3.05, 3.63) is 41.4 Å². The van der Waals surface area contributed by atoms with Gasteiger partial charge >= 0.3 is 0 Å². The number of hydrogen-bond donors (Lipinski definition) is 4. The fraction of sp³-hybridized carbons (Fsp3) is 0.286. The van der Waals surface area contributed by atoms with Crippen molar-refractivity contribution in [1.29, 1.82) is 5.41 Å². The zero-order valence-electron chi connectivity index (χ0n) is 12.6. The van der Waals surface area contributed by atoms with Crippen LogP contribution in [0.15, 0.2) is 24.5 Å². The first-order valence-corrected chi connectivity index (χ1v) is 7.37. The van der Waals surface area contributed by atoms with Gasteiger partial charge in [0, 0.05) is 12.7 Å². The number of aromatic nitrogens is 5. The number of nitrogens with zero attached hydrogens (tertiary/aromatic N) is 5. The molecule has 1 unspecified atom stereocenters. The van der Waals surface area contributed by atoms with Gasteiger partial charge in [0.05, 0.1) is 23.8 Å². The third kappa shape index (κ3) is 2.05. The Morgan fingerprint density at radius 2 is 2.30 bits per heavy atom. The van der Waals surface area contributed by atoms with E-state index in [0.29, 0.717) is 18.7 Å². The molecule has 1 atom stereocenters. The quantitative estimate of drug-likeness (QED) is 0.542. The average molecular weight is 311 g/mol. The van der Waals surface area contributed by atoms with Crippen LogP contribution >= 0.6 is 0 Å². The summed E-state index contributed by atoms with van der Waals surface area (Å²) in [7, 11) is 0. The van der Waals surface area contributed by atoms with Crippen molar-refractivity contribution in [2.75, 3.05) is 17.3 Å². The van der Waals surface area contributed by atoms with Crippen molar-refractivity contribution in [1.82, 2.24) is 24.4 Å². The second kappa shape index (κ2) is 5.06. The normalized spacial score (nSPS) is 16.2. The number of rotatable bonds is 3. The predicted octanol–water partition coefficient (Wildman–Crippen LogP) is 0.0422. The van der Waals surface area contributed by atoms with Crippen molar-refractivity contribution < 1.29 is 0 Å². The van der Waals surface area contributed by atoms with E-state index in [9.17, 15) is 0 Å².